The summed E-state index contributed by atoms with van der Waals surface area (Å²) in [7, 11) is 5.70. The van der Waals surface area contributed by atoms with Crippen molar-refractivity contribution in [2.75, 3.05) is 71.9 Å². The fourth-order valence-corrected chi connectivity index (χ4v) is 5.25. The number of para-hydroxylation sites is 1. The third-order valence-corrected chi connectivity index (χ3v) is 7.22. The summed E-state index contributed by atoms with van der Waals surface area (Å²) < 4.78 is 5.43. The Hall–Kier alpha value is -3.69. The number of fused-ring (bicyclic) bond motifs is 5. The molecule has 1 fully saturated rings. The van der Waals surface area contributed by atoms with Crippen molar-refractivity contribution in [2.24, 2.45) is 5.18 Å². The maximum atomic E-state index is 12.8. The second-order valence-corrected chi connectivity index (χ2v) is 9.79. The number of nitrogens with zero attached hydrogens (tertiary/aromatic N) is 4. The number of rotatable bonds is 9. The van der Waals surface area contributed by atoms with Gasteiger partial charge in [0.2, 0.25) is 5.91 Å². The highest BCUT2D eigenvalue weighted by molar-refractivity contribution is 6.22. The van der Waals surface area contributed by atoms with Crippen molar-refractivity contribution in [1.82, 2.24) is 20.1 Å². The first-order valence-corrected chi connectivity index (χ1v) is 12.8. The van der Waals surface area contributed by atoms with E-state index in [0.29, 0.717) is 50.6 Å². The Kier molecular flexibility index (Phi) is 7.25. The van der Waals surface area contributed by atoms with E-state index in [1.165, 1.54) is 0 Å². The van der Waals surface area contributed by atoms with Gasteiger partial charge in [-0.05, 0) is 48.9 Å². The van der Waals surface area contributed by atoms with Crippen molar-refractivity contribution in [2.45, 2.75) is 6.42 Å². The van der Waals surface area contributed by atoms with Crippen molar-refractivity contribution < 1.29 is 9.53 Å². The Bertz CT molecular complexity index is 1390. The Morgan fingerprint density at radius 2 is 1.81 bits per heavy atom. The molecule has 37 heavy (non-hydrogen) atoms. The summed E-state index contributed by atoms with van der Waals surface area (Å²) in [5, 5.41) is 9.54. The van der Waals surface area contributed by atoms with Gasteiger partial charge in [0.15, 0.2) is 0 Å². The lowest BCUT2D eigenvalue weighted by Gasteiger charge is -2.37. The van der Waals surface area contributed by atoms with E-state index in [-0.39, 0.29) is 5.91 Å². The standard InChI is InChI=1S/C28H34N6O3/c1-32(2)13-12-29-11-10-24(35)33-14-16-34(17-15-33)28-26-20-9-8-19(37-3)18-22(20)27(31-36)25(26)21-6-4-5-7-23(21)30-28/h4-9,18,29-30H,10-17H2,1-3H3. The molecule has 194 valence electrons. The van der Waals surface area contributed by atoms with Crippen molar-refractivity contribution in [3.8, 4) is 16.9 Å². The molecule has 0 spiro atoms. The van der Waals surface area contributed by atoms with Gasteiger partial charge in [0.1, 0.15) is 17.3 Å². The molecule has 0 aromatic heterocycles. The Morgan fingerprint density at radius 1 is 1.03 bits per heavy atom. The van der Waals surface area contributed by atoms with Crippen LogP contribution in [0.2, 0.25) is 0 Å². The molecule has 2 N–H and O–H groups in total. The molecule has 0 atom stereocenters. The minimum absolute atomic E-state index is 0.183. The first kappa shape index (κ1) is 25.0. The van der Waals surface area contributed by atoms with E-state index in [4.69, 9.17) is 4.74 Å². The molecule has 1 aliphatic carbocycles. The van der Waals surface area contributed by atoms with Crippen molar-refractivity contribution >= 4 is 39.1 Å². The van der Waals surface area contributed by atoms with E-state index in [1.54, 1.807) is 7.11 Å². The fraction of sp³-hybridized carbons (Fsp3) is 0.393. The second kappa shape index (κ2) is 10.7. The summed E-state index contributed by atoms with van der Waals surface area (Å²) in [5.74, 6) is 1.82. The van der Waals surface area contributed by atoms with Gasteiger partial charge < -0.3 is 29.7 Å². The van der Waals surface area contributed by atoms with Gasteiger partial charge in [-0.2, -0.15) is 0 Å². The van der Waals surface area contributed by atoms with Crippen LogP contribution < -0.4 is 15.0 Å². The highest BCUT2D eigenvalue weighted by Gasteiger charge is 2.30. The van der Waals surface area contributed by atoms with E-state index in [2.05, 4.69) is 25.3 Å². The number of aromatic nitrogens is 1. The molecule has 9 heteroatoms. The zero-order valence-corrected chi connectivity index (χ0v) is 21.7. The van der Waals surface area contributed by atoms with Gasteiger partial charge in [-0.3, -0.25) is 4.79 Å². The number of methoxy groups -OCH3 is 1. The highest BCUT2D eigenvalue weighted by atomic mass is 16.5. The van der Waals surface area contributed by atoms with Crippen LogP contribution in [-0.2, 0) is 4.79 Å². The molecule has 2 aromatic rings. The van der Waals surface area contributed by atoms with E-state index in [0.717, 1.165) is 51.7 Å². The van der Waals surface area contributed by atoms with Crippen LogP contribution in [0.1, 0.15) is 6.42 Å². The van der Waals surface area contributed by atoms with Gasteiger partial charge in [-0.1, -0.05) is 18.2 Å². The van der Waals surface area contributed by atoms with E-state index in [1.807, 2.05) is 61.5 Å². The largest absolute Gasteiger partial charge is 0.497 e. The zero-order valence-electron chi connectivity index (χ0n) is 21.7. The fourth-order valence-electron chi connectivity index (χ4n) is 5.25. The molecule has 9 nitrogen and oxygen atoms in total. The molecule has 2 heterocycles. The quantitative estimate of drug-likeness (QED) is 0.265. The number of hydrogen-bond donors (Lipinski definition) is 2. The molecule has 1 amide bonds. The molecular formula is C28H34N6O3. The van der Waals surface area contributed by atoms with Crippen LogP contribution in [0, 0.1) is 4.91 Å². The highest BCUT2D eigenvalue weighted by Crippen LogP contribution is 2.52. The lowest BCUT2D eigenvalue weighted by molar-refractivity contribution is -0.131. The first-order chi connectivity index (χ1) is 18.0. The number of benzene rings is 2. The number of H-pyrrole nitrogens is 1. The van der Waals surface area contributed by atoms with Gasteiger partial charge in [0, 0.05) is 79.7 Å². The molecule has 5 rings (SSSR count). The van der Waals surface area contributed by atoms with Crippen LogP contribution in [0.15, 0.2) is 47.6 Å². The molecule has 2 aromatic carbocycles. The summed E-state index contributed by atoms with van der Waals surface area (Å²) in [6.45, 7) is 5.24. The number of anilines is 1. The minimum Gasteiger partial charge on any atom is -0.497 e. The van der Waals surface area contributed by atoms with Crippen molar-refractivity contribution in [3.05, 3.63) is 47.4 Å². The summed E-state index contributed by atoms with van der Waals surface area (Å²) in [6.07, 6.45) is 0.503. The van der Waals surface area contributed by atoms with Gasteiger partial charge in [-0.15, -0.1) is 4.91 Å². The number of amides is 1. The number of carbonyl (C=O) groups excluding carboxylic acids is 1. The van der Waals surface area contributed by atoms with Gasteiger partial charge >= 0.3 is 0 Å². The lowest BCUT2D eigenvalue weighted by atomic mass is 10.0. The number of piperazine rings is 1. The molecule has 0 bridgehead atoms. The maximum absolute atomic E-state index is 12.8. The van der Waals surface area contributed by atoms with Crippen LogP contribution in [0.3, 0.4) is 0 Å². The van der Waals surface area contributed by atoms with Crippen LogP contribution in [-0.4, -0.2) is 87.7 Å². The molecule has 0 saturated carbocycles. The number of ether oxygens (including phenoxy) is 1. The van der Waals surface area contributed by atoms with E-state index >= 15 is 0 Å². The number of aromatic amines is 1. The van der Waals surface area contributed by atoms with Gasteiger partial charge in [0.05, 0.1) is 7.11 Å². The predicted molar refractivity (Wildman–Crippen MR) is 149 cm³/mol. The summed E-state index contributed by atoms with van der Waals surface area (Å²) in [5.41, 5.74) is 3.21. The van der Waals surface area contributed by atoms with Gasteiger partial charge in [0.25, 0.3) is 0 Å². The zero-order chi connectivity index (χ0) is 25.9. The number of nitroso groups, excluding NO2 is 1. The van der Waals surface area contributed by atoms with Crippen LogP contribution in [0.5, 0.6) is 5.75 Å². The maximum Gasteiger partial charge on any atom is 0.223 e. The summed E-state index contributed by atoms with van der Waals surface area (Å²) >= 11 is 0. The van der Waals surface area contributed by atoms with E-state index < -0.39 is 0 Å². The second-order valence-electron chi connectivity index (χ2n) is 9.79. The first-order valence-electron chi connectivity index (χ1n) is 12.8. The Labute approximate surface area is 216 Å². The average Bonchev–Trinajstić information content (AvgIpc) is 3.26. The van der Waals surface area contributed by atoms with E-state index in [9.17, 15) is 9.70 Å². The monoisotopic (exact) mass is 502 g/mol. The smallest absolute Gasteiger partial charge is 0.223 e. The third kappa shape index (κ3) is 4.84. The Morgan fingerprint density at radius 3 is 2.54 bits per heavy atom. The van der Waals surface area contributed by atoms with Crippen LogP contribution >= 0.6 is 0 Å². The normalized spacial score (nSPS) is 14.3. The predicted octanol–water partition coefficient (Wildman–Crippen LogP) is 4.02. The number of hydrogen-bond acceptors (Lipinski definition) is 7. The molecular weight excluding hydrogens is 468 g/mol. The summed E-state index contributed by atoms with van der Waals surface area (Å²) in [6, 6.07) is 13.8. The van der Waals surface area contributed by atoms with Gasteiger partial charge in [-0.25, -0.2) is 0 Å². The molecule has 1 saturated heterocycles. The molecule has 2 aliphatic heterocycles. The Balaban J connectivity index is 1.42. The summed E-state index contributed by atoms with van der Waals surface area (Å²) in [4.78, 5) is 34.9. The van der Waals surface area contributed by atoms with Crippen molar-refractivity contribution in [1.29, 1.82) is 0 Å². The van der Waals surface area contributed by atoms with Crippen LogP contribution in [0.25, 0.3) is 32.8 Å². The average molecular weight is 503 g/mol. The lowest BCUT2D eigenvalue weighted by Crippen LogP contribution is -2.49. The number of nitrogens with one attached hydrogen (secondary N) is 2. The minimum atomic E-state index is 0.183. The number of carbonyl (C=O) groups is 1. The van der Waals surface area contributed by atoms with Crippen LogP contribution in [0.4, 0.5) is 11.5 Å². The number of likely N-dealkylation sites (N-methyl/N-ethyl adjacent to an activating group) is 1. The molecule has 0 unspecified atom stereocenters. The third-order valence-electron chi connectivity index (χ3n) is 7.22. The molecule has 0 radical (unpaired) electrons. The molecule has 3 aliphatic rings. The number of pyridine rings is 1. The topological polar surface area (TPSA) is 93.3 Å². The van der Waals surface area contributed by atoms with Crippen molar-refractivity contribution in [3.63, 3.8) is 0 Å². The SMILES string of the molecule is COc1ccc2c3c(N4CCN(C(=O)CCNCCN(C)C)CC4)[nH]c4ccccc4c-3c(N=O)c2c1.